The molecule has 1 unspecified atom stereocenters. The zero-order valence-corrected chi connectivity index (χ0v) is 36.4. The molecule has 0 bridgehead atoms. The summed E-state index contributed by atoms with van der Waals surface area (Å²) in [5, 5.41) is 0. The van der Waals surface area contributed by atoms with Gasteiger partial charge in [0.05, 0.1) is 0 Å². The van der Waals surface area contributed by atoms with Gasteiger partial charge in [0, 0.05) is 13.1 Å². The van der Waals surface area contributed by atoms with Crippen molar-refractivity contribution in [1.29, 1.82) is 0 Å². The van der Waals surface area contributed by atoms with Gasteiger partial charge in [-0.1, -0.05) is 166 Å². The summed E-state index contributed by atoms with van der Waals surface area (Å²) in [5.74, 6) is 0. The molecule has 4 heteroatoms. The van der Waals surface area contributed by atoms with E-state index in [9.17, 15) is 4.79 Å². The Kier molecular flexibility index (Phi) is 41.5. The summed E-state index contributed by atoms with van der Waals surface area (Å²) in [6, 6.07) is 0. The summed E-state index contributed by atoms with van der Waals surface area (Å²) in [5.41, 5.74) is 0. The minimum atomic E-state index is -0.0649. The van der Waals surface area contributed by atoms with E-state index in [0.29, 0.717) is 0 Å². The predicted molar refractivity (Wildman–Crippen MR) is 237 cm³/mol. The van der Waals surface area contributed by atoms with E-state index in [1.807, 2.05) is 4.90 Å². The van der Waals surface area contributed by atoms with Crippen molar-refractivity contribution in [2.45, 2.75) is 226 Å². The highest BCUT2D eigenvalue weighted by Crippen LogP contribution is 2.19. The van der Waals surface area contributed by atoms with Crippen LogP contribution >= 0.6 is 0 Å². The first kappa shape index (κ1) is 51.2. The van der Waals surface area contributed by atoms with Crippen LogP contribution in [-0.4, -0.2) is 55.7 Å². The van der Waals surface area contributed by atoms with Gasteiger partial charge in [0.15, 0.2) is 0 Å². The lowest BCUT2D eigenvalue weighted by molar-refractivity contribution is 0.0513. The van der Waals surface area contributed by atoms with E-state index in [-0.39, 0.29) is 12.2 Å². The predicted octanol–water partition coefficient (Wildman–Crippen LogP) is 15.7. The Morgan fingerprint density at radius 2 is 0.792 bits per heavy atom. The van der Waals surface area contributed by atoms with Crippen LogP contribution in [0.25, 0.3) is 0 Å². The molecule has 0 rings (SSSR count). The Labute approximate surface area is 332 Å². The summed E-state index contributed by atoms with van der Waals surface area (Å²) in [7, 11) is 4.22. The van der Waals surface area contributed by atoms with Crippen LogP contribution in [0, 0.1) is 0 Å². The molecule has 0 aliphatic carbocycles. The maximum atomic E-state index is 13.5. The SMILES string of the molecule is CCCCC/C=C\C/C=C\CCCCCCCCCC(CCCCCCC/C=C\C/C=C\CCCCC)OC(=O)N(CCCCCC)CCCN(C)C. The molecule has 0 N–H and O–H groups in total. The molecule has 0 aromatic heterocycles. The number of rotatable bonds is 40. The van der Waals surface area contributed by atoms with Gasteiger partial charge >= 0.3 is 6.09 Å². The summed E-state index contributed by atoms with van der Waals surface area (Å²) in [6.07, 6.45) is 56.8. The van der Waals surface area contributed by atoms with E-state index in [2.05, 4.69) is 88.4 Å². The lowest BCUT2D eigenvalue weighted by Crippen LogP contribution is -2.37. The molecule has 0 radical (unpaired) electrons. The molecule has 0 aliphatic heterocycles. The fraction of sp³-hybridized carbons (Fsp3) is 0.816. The van der Waals surface area contributed by atoms with E-state index in [1.165, 1.54) is 154 Å². The highest BCUT2D eigenvalue weighted by atomic mass is 16.6. The number of hydrogen-bond acceptors (Lipinski definition) is 3. The van der Waals surface area contributed by atoms with E-state index in [4.69, 9.17) is 4.74 Å². The second kappa shape index (κ2) is 42.9. The van der Waals surface area contributed by atoms with Crippen LogP contribution in [0.1, 0.15) is 220 Å². The fourth-order valence-electron chi connectivity index (χ4n) is 6.80. The molecule has 310 valence electrons. The van der Waals surface area contributed by atoms with Crippen LogP contribution in [0.3, 0.4) is 0 Å². The quantitative estimate of drug-likeness (QED) is 0.0463. The van der Waals surface area contributed by atoms with Gasteiger partial charge in [-0.3, -0.25) is 0 Å². The standard InChI is InChI=1S/C49H92N2O2/c1-6-9-12-15-17-19-21-23-25-26-28-30-32-34-36-38-40-44-48(53-49(52)51(46-41-14-11-8-3)47-42-45-50(4)5)43-39-37-35-33-31-29-27-24-22-20-18-16-13-10-7-2/h17-20,23-25,27,48H,6-16,21-22,26,28-47H2,1-5H3/b19-17-,20-18-,25-23-,27-24-. The summed E-state index contributed by atoms with van der Waals surface area (Å²) in [6.45, 7) is 9.40. The number of amides is 1. The average molecular weight is 741 g/mol. The molecule has 0 spiro atoms. The Morgan fingerprint density at radius 1 is 0.434 bits per heavy atom. The number of allylic oxidation sites excluding steroid dienone is 8. The van der Waals surface area contributed by atoms with Gasteiger partial charge in [-0.25, -0.2) is 4.79 Å². The van der Waals surface area contributed by atoms with Gasteiger partial charge in [-0.05, 0) is 123 Å². The maximum absolute atomic E-state index is 13.5. The van der Waals surface area contributed by atoms with Crippen LogP contribution in [0.15, 0.2) is 48.6 Å². The first-order valence-electron chi connectivity index (χ1n) is 23.2. The summed E-state index contributed by atoms with van der Waals surface area (Å²) in [4.78, 5) is 17.7. The van der Waals surface area contributed by atoms with Gasteiger partial charge in [0.2, 0.25) is 0 Å². The zero-order chi connectivity index (χ0) is 38.7. The van der Waals surface area contributed by atoms with Crippen molar-refractivity contribution in [3.8, 4) is 0 Å². The number of unbranched alkanes of at least 4 members (excludes halogenated alkanes) is 21. The van der Waals surface area contributed by atoms with Crippen molar-refractivity contribution in [2.24, 2.45) is 0 Å². The third kappa shape index (κ3) is 39.7. The minimum Gasteiger partial charge on any atom is -0.446 e. The van der Waals surface area contributed by atoms with Crippen molar-refractivity contribution in [1.82, 2.24) is 9.80 Å². The molecule has 0 aliphatic rings. The number of hydrogen-bond donors (Lipinski definition) is 0. The normalized spacial score (nSPS) is 12.8. The number of carbonyl (C=O) groups excluding carboxylic acids is 1. The summed E-state index contributed by atoms with van der Waals surface area (Å²) < 4.78 is 6.32. The number of ether oxygens (including phenoxy) is 1. The van der Waals surface area contributed by atoms with Crippen molar-refractivity contribution in [2.75, 3.05) is 33.7 Å². The molecule has 53 heavy (non-hydrogen) atoms. The second-order valence-electron chi connectivity index (χ2n) is 16.0. The van der Waals surface area contributed by atoms with E-state index in [1.54, 1.807) is 0 Å². The van der Waals surface area contributed by atoms with Gasteiger partial charge in [-0.2, -0.15) is 0 Å². The lowest BCUT2D eigenvalue weighted by Gasteiger charge is -2.26. The van der Waals surface area contributed by atoms with Crippen molar-refractivity contribution >= 4 is 6.09 Å². The highest BCUT2D eigenvalue weighted by Gasteiger charge is 2.20. The average Bonchev–Trinajstić information content (AvgIpc) is 3.15. The van der Waals surface area contributed by atoms with Crippen LogP contribution in [0.5, 0.6) is 0 Å². The van der Waals surface area contributed by atoms with Crippen LogP contribution in [0.2, 0.25) is 0 Å². The zero-order valence-electron chi connectivity index (χ0n) is 36.4. The highest BCUT2D eigenvalue weighted by molar-refractivity contribution is 5.67. The molecule has 1 atom stereocenters. The molecule has 0 heterocycles. The van der Waals surface area contributed by atoms with E-state index >= 15 is 0 Å². The Hall–Kier alpha value is -1.81. The minimum absolute atomic E-state index is 0.0606. The van der Waals surface area contributed by atoms with E-state index in [0.717, 1.165) is 64.6 Å². The molecule has 4 nitrogen and oxygen atoms in total. The molecule has 1 amide bonds. The first-order chi connectivity index (χ1) is 26.0. The topological polar surface area (TPSA) is 32.8 Å². The summed E-state index contributed by atoms with van der Waals surface area (Å²) >= 11 is 0. The maximum Gasteiger partial charge on any atom is 0.410 e. The van der Waals surface area contributed by atoms with Crippen molar-refractivity contribution in [3.63, 3.8) is 0 Å². The van der Waals surface area contributed by atoms with Crippen LogP contribution in [-0.2, 0) is 4.74 Å². The van der Waals surface area contributed by atoms with Gasteiger partial charge in [0.25, 0.3) is 0 Å². The molecule has 0 aromatic carbocycles. The molecule has 0 saturated heterocycles. The van der Waals surface area contributed by atoms with Crippen LogP contribution < -0.4 is 0 Å². The number of nitrogens with zero attached hydrogens (tertiary/aromatic N) is 2. The van der Waals surface area contributed by atoms with Gasteiger partial charge < -0.3 is 14.5 Å². The first-order valence-corrected chi connectivity index (χ1v) is 23.2. The van der Waals surface area contributed by atoms with Crippen molar-refractivity contribution in [3.05, 3.63) is 48.6 Å². The molecule has 0 aromatic rings. The molecular formula is C49H92N2O2. The Balaban J connectivity index is 4.56. The largest absolute Gasteiger partial charge is 0.446 e. The smallest absolute Gasteiger partial charge is 0.410 e. The monoisotopic (exact) mass is 741 g/mol. The van der Waals surface area contributed by atoms with Crippen LogP contribution in [0.4, 0.5) is 4.79 Å². The van der Waals surface area contributed by atoms with Crippen molar-refractivity contribution < 1.29 is 9.53 Å². The second-order valence-corrected chi connectivity index (χ2v) is 16.0. The van der Waals surface area contributed by atoms with E-state index < -0.39 is 0 Å². The number of carbonyl (C=O) groups is 1. The fourth-order valence-corrected chi connectivity index (χ4v) is 6.80. The molecule has 0 fully saturated rings. The van der Waals surface area contributed by atoms with Gasteiger partial charge in [0.1, 0.15) is 6.10 Å². The molecule has 0 saturated carbocycles. The third-order valence-electron chi connectivity index (χ3n) is 10.3. The Bertz CT molecular complexity index is 861. The van der Waals surface area contributed by atoms with Gasteiger partial charge in [-0.15, -0.1) is 0 Å². The lowest BCUT2D eigenvalue weighted by atomic mass is 10.0. The third-order valence-corrected chi connectivity index (χ3v) is 10.3. The Morgan fingerprint density at radius 3 is 1.23 bits per heavy atom. The molecular weight excluding hydrogens is 649 g/mol.